The van der Waals surface area contributed by atoms with E-state index in [0.29, 0.717) is 23.7 Å². The summed E-state index contributed by atoms with van der Waals surface area (Å²) in [7, 11) is -2.10. The van der Waals surface area contributed by atoms with Gasteiger partial charge in [-0.2, -0.15) is 0 Å². The first-order valence-electron chi connectivity index (χ1n) is 8.86. The van der Waals surface area contributed by atoms with Gasteiger partial charge in [0.25, 0.3) is 11.8 Å². The van der Waals surface area contributed by atoms with Crippen LogP contribution in [0.4, 0.5) is 0 Å². The van der Waals surface area contributed by atoms with E-state index >= 15 is 0 Å². The summed E-state index contributed by atoms with van der Waals surface area (Å²) in [5, 5.41) is 10.1. The number of amides is 2. The minimum atomic E-state index is -3.57. The molecule has 0 bridgehead atoms. The summed E-state index contributed by atoms with van der Waals surface area (Å²) in [6.45, 7) is 2.13. The number of aromatic hydroxyl groups is 1. The number of fused-ring (bicyclic) bond motifs is 1. The van der Waals surface area contributed by atoms with Gasteiger partial charge in [0.2, 0.25) is 0 Å². The quantitative estimate of drug-likeness (QED) is 0.685. The molecule has 0 saturated carbocycles. The van der Waals surface area contributed by atoms with E-state index in [1.807, 2.05) is 0 Å². The zero-order chi connectivity index (χ0) is 21.3. The first-order valence-corrected chi connectivity index (χ1v) is 10.9. The number of carbonyl (C=O) groups excluding carboxylic acids is 2. The van der Waals surface area contributed by atoms with Gasteiger partial charge in [0, 0.05) is 6.26 Å². The summed E-state index contributed by atoms with van der Waals surface area (Å²) in [6, 6.07) is 7.82. The molecule has 2 amide bonds. The lowest BCUT2D eigenvalue weighted by Gasteiger charge is -2.26. The fourth-order valence-corrected chi connectivity index (χ4v) is 4.26. The van der Waals surface area contributed by atoms with Crippen LogP contribution in [0.1, 0.15) is 39.2 Å². The lowest BCUT2D eigenvalue weighted by atomic mass is 10.1. The lowest BCUT2D eigenvalue weighted by molar-refractivity contribution is 0.0596. The normalized spacial score (nSPS) is 14.7. The van der Waals surface area contributed by atoms with E-state index in [-0.39, 0.29) is 16.9 Å². The Morgan fingerprint density at radius 2 is 1.83 bits per heavy atom. The molecule has 29 heavy (non-hydrogen) atoms. The third-order valence-electron chi connectivity index (χ3n) is 4.57. The minimum absolute atomic E-state index is 0.0343. The van der Waals surface area contributed by atoms with Crippen LogP contribution in [0.2, 0.25) is 0 Å². The Labute approximate surface area is 168 Å². The van der Waals surface area contributed by atoms with Gasteiger partial charge >= 0.3 is 0 Å². The van der Waals surface area contributed by atoms with Crippen LogP contribution in [0.15, 0.2) is 36.4 Å². The number of carbonyl (C=O) groups is 2. The van der Waals surface area contributed by atoms with Gasteiger partial charge in [-0.05, 0) is 36.8 Å². The number of hydrogen-bond donors (Lipinski definition) is 1. The fraction of sp³-hybridized carbons (Fsp3) is 0.300. The van der Waals surface area contributed by atoms with E-state index in [2.05, 4.69) is 0 Å². The summed E-state index contributed by atoms with van der Waals surface area (Å²) in [5.41, 5.74) is 0.301. The molecule has 3 rings (SSSR count). The van der Waals surface area contributed by atoms with E-state index in [1.165, 1.54) is 25.3 Å². The number of ether oxygens (including phenoxy) is 2. The molecule has 0 aliphatic carbocycles. The Morgan fingerprint density at radius 3 is 2.41 bits per heavy atom. The molecule has 0 aromatic heterocycles. The van der Waals surface area contributed by atoms with Crippen molar-refractivity contribution in [2.45, 2.75) is 13.0 Å². The van der Waals surface area contributed by atoms with E-state index in [4.69, 9.17) is 9.47 Å². The Balaban J connectivity index is 2.13. The monoisotopic (exact) mass is 419 g/mol. The van der Waals surface area contributed by atoms with E-state index in [1.54, 1.807) is 25.1 Å². The highest BCUT2D eigenvalue weighted by Gasteiger charge is 2.43. The molecule has 1 aliphatic heterocycles. The van der Waals surface area contributed by atoms with Gasteiger partial charge in [-0.25, -0.2) is 8.42 Å². The highest BCUT2D eigenvalue weighted by molar-refractivity contribution is 7.90. The average molecular weight is 419 g/mol. The third kappa shape index (κ3) is 3.91. The number of sulfone groups is 1. The van der Waals surface area contributed by atoms with E-state index in [0.717, 1.165) is 11.2 Å². The molecule has 8 nitrogen and oxygen atoms in total. The van der Waals surface area contributed by atoms with E-state index in [9.17, 15) is 23.1 Å². The van der Waals surface area contributed by atoms with Crippen LogP contribution in [-0.4, -0.2) is 56.0 Å². The second kappa shape index (κ2) is 7.75. The smallest absolute Gasteiger partial charge is 0.265 e. The van der Waals surface area contributed by atoms with Crippen LogP contribution >= 0.6 is 0 Å². The summed E-state index contributed by atoms with van der Waals surface area (Å²) >= 11 is 0. The number of phenols is 1. The van der Waals surface area contributed by atoms with Crippen LogP contribution in [-0.2, 0) is 9.84 Å². The number of methoxy groups -OCH3 is 1. The molecular weight excluding hydrogens is 398 g/mol. The third-order valence-corrected chi connectivity index (χ3v) is 5.49. The first kappa shape index (κ1) is 20.7. The molecule has 154 valence electrons. The molecule has 1 aliphatic rings. The number of rotatable bonds is 7. The van der Waals surface area contributed by atoms with Gasteiger partial charge < -0.3 is 14.6 Å². The van der Waals surface area contributed by atoms with Gasteiger partial charge in [-0.1, -0.05) is 12.1 Å². The van der Waals surface area contributed by atoms with Gasteiger partial charge in [-0.15, -0.1) is 0 Å². The van der Waals surface area contributed by atoms with Crippen LogP contribution in [0.5, 0.6) is 17.2 Å². The number of hydrogen-bond acceptors (Lipinski definition) is 7. The van der Waals surface area contributed by atoms with Crippen molar-refractivity contribution in [2.24, 2.45) is 0 Å². The average Bonchev–Trinajstić information content (AvgIpc) is 2.91. The van der Waals surface area contributed by atoms with Crippen molar-refractivity contribution in [2.75, 3.05) is 25.7 Å². The Bertz CT molecular complexity index is 1080. The fourth-order valence-electron chi connectivity index (χ4n) is 3.34. The molecule has 2 aromatic rings. The standard InChI is InChI=1S/C20H21NO7S/c1-4-28-17-10-12(8-9-16(17)27-2)14(11-29(3,25)26)21-19(23)13-6-5-7-15(22)18(13)20(21)24/h5-10,14,22H,4,11H2,1-3H3. The predicted octanol–water partition coefficient (Wildman–Crippen LogP) is 2.18. The highest BCUT2D eigenvalue weighted by atomic mass is 32.2. The van der Waals surface area contributed by atoms with Crippen molar-refractivity contribution >= 4 is 21.7 Å². The van der Waals surface area contributed by atoms with Crippen LogP contribution in [0.25, 0.3) is 0 Å². The molecule has 1 heterocycles. The van der Waals surface area contributed by atoms with Crippen molar-refractivity contribution in [3.05, 3.63) is 53.1 Å². The summed E-state index contributed by atoms with van der Waals surface area (Å²) in [4.78, 5) is 26.8. The zero-order valence-electron chi connectivity index (χ0n) is 16.2. The molecule has 1 unspecified atom stereocenters. The molecule has 9 heteroatoms. The number of phenolic OH excluding ortho intramolecular Hbond substituents is 1. The molecule has 0 saturated heterocycles. The Hall–Kier alpha value is -3.07. The number of nitrogens with zero attached hydrogens (tertiary/aromatic N) is 1. The SMILES string of the molecule is CCOc1cc(C(CS(C)(=O)=O)N2C(=O)c3cccc(O)c3C2=O)ccc1OC. The van der Waals surface area contributed by atoms with Gasteiger partial charge in [-0.3, -0.25) is 14.5 Å². The summed E-state index contributed by atoms with van der Waals surface area (Å²) in [5.74, 6) is -1.41. The molecule has 1 atom stereocenters. The predicted molar refractivity (Wildman–Crippen MR) is 105 cm³/mol. The second-order valence-electron chi connectivity index (χ2n) is 6.63. The first-order chi connectivity index (χ1) is 13.7. The highest BCUT2D eigenvalue weighted by Crippen LogP contribution is 2.38. The minimum Gasteiger partial charge on any atom is -0.507 e. The Morgan fingerprint density at radius 1 is 1.10 bits per heavy atom. The molecule has 0 fully saturated rings. The van der Waals surface area contributed by atoms with Crippen LogP contribution in [0, 0.1) is 0 Å². The lowest BCUT2D eigenvalue weighted by Crippen LogP contribution is -2.37. The van der Waals surface area contributed by atoms with Crippen molar-refractivity contribution in [1.82, 2.24) is 4.90 Å². The maximum Gasteiger partial charge on any atom is 0.265 e. The largest absolute Gasteiger partial charge is 0.507 e. The van der Waals surface area contributed by atoms with Gasteiger partial charge in [0.05, 0.1) is 36.6 Å². The van der Waals surface area contributed by atoms with Crippen molar-refractivity contribution in [3.8, 4) is 17.2 Å². The van der Waals surface area contributed by atoms with E-state index < -0.39 is 33.4 Å². The molecule has 1 N–H and O–H groups in total. The maximum atomic E-state index is 13.0. The Kier molecular flexibility index (Phi) is 5.52. The molecule has 0 spiro atoms. The number of benzene rings is 2. The van der Waals surface area contributed by atoms with Gasteiger partial charge in [0.1, 0.15) is 15.6 Å². The number of imide groups is 1. The molecule has 0 radical (unpaired) electrons. The zero-order valence-corrected chi connectivity index (χ0v) is 17.0. The summed E-state index contributed by atoms with van der Waals surface area (Å²) in [6.07, 6.45) is 1.03. The van der Waals surface area contributed by atoms with Crippen molar-refractivity contribution < 1.29 is 32.6 Å². The van der Waals surface area contributed by atoms with Crippen LogP contribution in [0.3, 0.4) is 0 Å². The molecule has 2 aromatic carbocycles. The summed E-state index contributed by atoms with van der Waals surface area (Å²) < 4.78 is 35.0. The van der Waals surface area contributed by atoms with Crippen molar-refractivity contribution in [1.29, 1.82) is 0 Å². The van der Waals surface area contributed by atoms with Gasteiger partial charge in [0.15, 0.2) is 11.5 Å². The maximum absolute atomic E-state index is 13.0. The molecular formula is C20H21NO7S. The van der Waals surface area contributed by atoms with Crippen molar-refractivity contribution in [3.63, 3.8) is 0 Å². The second-order valence-corrected chi connectivity index (χ2v) is 8.82. The van der Waals surface area contributed by atoms with Crippen LogP contribution < -0.4 is 9.47 Å². The topological polar surface area (TPSA) is 110 Å².